The molecule has 0 radical (unpaired) electrons. The number of rotatable bonds is 1. The van der Waals surface area contributed by atoms with E-state index >= 15 is 0 Å². The van der Waals surface area contributed by atoms with Crippen molar-refractivity contribution in [1.29, 1.82) is 0 Å². The van der Waals surface area contributed by atoms with Crippen molar-refractivity contribution in [3.05, 3.63) is 28.4 Å². The van der Waals surface area contributed by atoms with E-state index in [1.807, 2.05) is 32.2 Å². The van der Waals surface area contributed by atoms with E-state index in [0.717, 1.165) is 27.1 Å². The maximum absolute atomic E-state index is 5.86. The van der Waals surface area contributed by atoms with Crippen LogP contribution in [0.25, 0.3) is 11.3 Å². The van der Waals surface area contributed by atoms with Crippen LogP contribution in [0.5, 0.6) is 0 Å². The van der Waals surface area contributed by atoms with Crippen LogP contribution in [0.2, 0.25) is 0 Å². The highest BCUT2D eigenvalue weighted by atomic mass is 79.9. The van der Waals surface area contributed by atoms with Crippen LogP contribution in [0.4, 0.5) is 5.69 Å². The number of benzene rings is 1. The Balaban J connectivity index is 2.59. The fourth-order valence-corrected chi connectivity index (χ4v) is 1.98. The van der Waals surface area contributed by atoms with Crippen molar-refractivity contribution in [1.82, 2.24) is 15.0 Å². The zero-order chi connectivity index (χ0) is 11.0. The SMILES string of the molecule is Cc1ccc(-c2c(Br)nnn2C)cc1N. The summed E-state index contributed by atoms with van der Waals surface area (Å²) in [6.07, 6.45) is 0. The Labute approximate surface area is 96.2 Å². The second kappa shape index (κ2) is 3.66. The third-order valence-electron chi connectivity index (χ3n) is 2.34. The molecule has 0 saturated carbocycles. The zero-order valence-corrected chi connectivity index (χ0v) is 10.1. The summed E-state index contributed by atoms with van der Waals surface area (Å²) in [4.78, 5) is 0. The molecule has 15 heavy (non-hydrogen) atoms. The van der Waals surface area contributed by atoms with E-state index in [0.29, 0.717) is 0 Å². The molecule has 78 valence electrons. The zero-order valence-electron chi connectivity index (χ0n) is 8.53. The van der Waals surface area contributed by atoms with E-state index in [9.17, 15) is 0 Å². The molecule has 2 N–H and O–H groups in total. The maximum Gasteiger partial charge on any atom is 0.156 e. The summed E-state index contributed by atoms with van der Waals surface area (Å²) in [5.74, 6) is 0. The molecule has 0 aliphatic rings. The van der Waals surface area contributed by atoms with E-state index in [1.54, 1.807) is 4.68 Å². The highest BCUT2D eigenvalue weighted by Crippen LogP contribution is 2.27. The van der Waals surface area contributed by atoms with E-state index in [1.165, 1.54) is 0 Å². The van der Waals surface area contributed by atoms with E-state index < -0.39 is 0 Å². The molecule has 2 rings (SSSR count). The number of halogens is 1. The minimum Gasteiger partial charge on any atom is -0.398 e. The number of nitrogens with zero attached hydrogens (tertiary/aromatic N) is 3. The first-order valence-electron chi connectivity index (χ1n) is 4.51. The minimum atomic E-state index is 0.730. The van der Waals surface area contributed by atoms with E-state index in [4.69, 9.17) is 5.73 Å². The van der Waals surface area contributed by atoms with Gasteiger partial charge in [0.1, 0.15) is 5.69 Å². The lowest BCUT2D eigenvalue weighted by molar-refractivity contribution is 0.720. The van der Waals surface area contributed by atoms with Gasteiger partial charge in [0.05, 0.1) is 0 Å². The molecule has 0 aliphatic heterocycles. The molecular weight excluding hydrogens is 256 g/mol. The van der Waals surface area contributed by atoms with E-state index in [2.05, 4.69) is 26.2 Å². The normalized spacial score (nSPS) is 10.6. The van der Waals surface area contributed by atoms with Crippen molar-refractivity contribution < 1.29 is 0 Å². The Morgan fingerprint density at radius 2 is 2.13 bits per heavy atom. The molecule has 0 aliphatic carbocycles. The number of hydrogen-bond acceptors (Lipinski definition) is 3. The van der Waals surface area contributed by atoms with Crippen molar-refractivity contribution in [2.24, 2.45) is 7.05 Å². The Morgan fingerprint density at radius 3 is 2.67 bits per heavy atom. The summed E-state index contributed by atoms with van der Waals surface area (Å²) in [6.45, 7) is 1.98. The lowest BCUT2D eigenvalue weighted by atomic mass is 10.1. The molecule has 0 unspecified atom stereocenters. The van der Waals surface area contributed by atoms with Gasteiger partial charge in [0.25, 0.3) is 0 Å². The number of aryl methyl sites for hydroxylation is 2. The highest BCUT2D eigenvalue weighted by molar-refractivity contribution is 9.10. The predicted molar refractivity (Wildman–Crippen MR) is 63.3 cm³/mol. The molecule has 1 aromatic carbocycles. The van der Waals surface area contributed by atoms with Gasteiger partial charge >= 0.3 is 0 Å². The number of aromatic nitrogens is 3. The first-order valence-corrected chi connectivity index (χ1v) is 5.30. The molecule has 0 fully saturated rings. The molecular formula is C10H11BrN4. The van der Waals surface area contributed by atoms with Crippen molar-refractivity contribution in [3.8, 4) is 11.3 Å². The van der Waals surface area contributed by atoms with Crippen LogP contribution < -0.4 is 5.73 Å². The Morgan fingerprint density at radius 1 is 1.40 bits per heavy atom. The van der Waals surface area contributed by atoms with Gasteiger partial charge in [-0.1, -0.05) is 17.3 Å². The summed E-state index contributed by atoms with van der Waals surface area (Å²) >= 11 is 3.36. The average molecular weight is 267 g/mol. The van der Waals surface area contributed by atoms with Crippen LogP contribution in [0.3, 0.4) is 0 Å². The van der Waals surface area contributed by atoms with Crippen LogP contribution in [0, 0.1) is 6.92 Å². The lowest BCUT2D eigenvalue weighted by Crippen LogP contribution is -1.96. The molecule has 2 aromatic rings. The maximum atomic E-state index is 5.86. The fourth-order valence-electron chi connectivity index (χ4n) is 1.43. The number of anilines is 1. The van der Waals surface area contributed by atoms with Crippen molar-refractivity contribution in [2.45, 2.75) is 6.92 Å². The summed E-state index contributed by atoms with van der Waals surface area (Å²) in [5.41, 5.74) is 9.66. The smallest absolute Gasteiger partial charge is 0.156 e. The lowest BCUT2D eigenvalue weighted by Gasteiger charge is -2.05. The molecule has 4 nitrogen and oxygen atoms in total. The van der Waals surface area contributed by atoms with Crippen LogP contribution in [0.1, 0.15) is 5.56 Å². The first-order chi connectivity index (χ1) is 7.09. The topological polar surface area (TPSA) is 56.7 Å². The van der Waals surface area contributed by atoms with Gasteiger partial charge in [0, 0.05) is 18.3 Å². The van der Waals surface area contributed by atoms with Gasteiger partial charge in [-0.15, -0.1) is 5.10 Å². The van der Waals surface area contributed by atoms with Gasteiger partial charge in [0.2, 0.25) is 0 Å². The van der Waals surface area contributed by atoms with Crippen LogP contribution in [0.15, 0.2) is 22.8 Å². The molecule has 0 amide bonds. The average Bonchev–Trinajstić information content (AvgIpc) is 2.52. The van der Waals surface area contributed by atoms with Gasteiger partial charge < -0.3 is 5.73 Å². The molecule has 1 aromatic heterocycles. The van der Waals surface area contributed by atoms with Gasteiger partial charge in [-0.05, 0) is 34.5 Å². The summed E-state index contributed by atoms with van der Waals surface area (Å²) in [7, 11) is 1.85. The number of nitrogens with two attached hydrogens (primary N) is 1. The molecule has 5 heteroatoms. The first kappa shape index (κ1) is 10.2. The quantitative estimate of drug-likeness (QED) is 0.805. The highest BCUT2D eigenvalue weighted by Gasteiger charge is 2.10. The van der Waals surface area contributed by atoms with Gasteiger partial charge in [-0.3, -0.25) is 0 Å². The van der Waals surface area contributed by atoms with Crippen molar-refractivity contribution >= 4 is 21.6 Å². The summed E-state index contributed by atoms with van der Waals surface area (Å²) < 4.78 is 2.45. The molecule has 0 saturated heterocycles. The van der Waals surface area contributed by atoms with Crippen LogP contribution >= 0.6 is 15.9 Å². The Bertz CT molecular complexity index is 485. The molecule has 0 atom stereocenters. The van der Waals surface area contributed by atoms with Crippen LogP contribution in [-0.2, 0) is 7.05 Å². The number of nitrogen functional groups attached to an aromatic ring is 1. The van der Waals surface area contributed by atoms with Gasteiger partial charge in [0.15, 0.2) is 4.60 Å². The van der Waals surface area contributed by atoms with Crippen molar-refractivity contribution in [2.75, 3.05) is 5.73 Å². The van der Waals surface area contributed by atoms with Crippen LogP contribution in [-0.4, -0.2) is 15.0 Å². The van der Waals surface area contributed by atoms with Gasteiger partial charge in [-0.2, -0.15) is 0 Å². The summed E-state index contributed by atoms with van der Waals surface area (Å²) in [6, 6.07) is 5.93. The largest absolute Gasteiger partial charge is 0.398 e. The Kier molecular flexibility index (Phi) is 2.48. The monoisotopic (exact) mass is 266 g/mol. The van der Waals surface area contributed by atoms with Crippen molar-refractivity contribution in [3.63, 3.8) is 0 Å². The van der Waals surface area contributed by atoms with E-state index in [-0.39, 0.29) is 0 Å². The third kappa shape index (κ3) is 1.74. The summed E-state index contributed by atoms with van der Waals surface area (Å²) in [5, 5.41) is 7.86. The molecule has 0 spiro atoms. The fraction of sp³-hybridized carbons (Fsp3) is 0.200. The standard InChI is InChI=1S/C10H11BrN4/c1-6-3-4-7(5-8(6)12)9-10(11)13-14-15(9)2/h3-5H,12H2,1-2H3. The molecule has 0 bridgehead atoms. The van der Waals surface area contributed by atoms with Gasteiger partial charge in [-0.25, -0.2) is 4.68 Å². The third-order valence-corrected chi connectivity index (χ3v) is 2.87. The minimum absolute atomic E-state index is 0.730. The Hall–Kier alpha value is -1.36. The second-order valence-corrected chi connectivity index (χ2v) is 4.17. The second-order valence-electron chi connectivity index (χ2n) is 3.42. The predicted octanol–water partition coefficient (Wildman–Crippen LogP) is 2.14. The number of hydrogen-bond donors (Lipinski definition) is 1. The molecule has 1 heterocycles.